The van der Waals surface area contributed by atoms with Crippen molar-refractivity contribution in [3.63, 3.8) is 0 Å². The highest BCUT2D eigenvalue weighted by molar-refractivity contribution is 6.18. The third-order valence-corrected chi connectivity index (χ3v) is 6.72. The predicted octanol–water partition coefficient (Wildman–Crippen LogP) is 3.75. The summed E-state index contributed by atoms with van der Waals surface area (Å²) in [5.74, 6) is 3.36. The van der Waals surface area contributed by atoms with Gasteiger partial charge in [0.15, 0.2) is 0 Å². The molecule has 29 heavy (non-hydrogen) atoms. The Bertz CT molecular complexity index is 1060. The van der Waals surface area contributed by atoms with Crippen molar-refractivity contribution in [2.45, 2.75) is 37.6 Å². The van der Waals surface area contributed by atoms with E-state index in [9.17, 15) is 9.59 Å². The summed E-state index contributed by atoms with van der Waals surface area (Å²) in [5.41, 5.74) is 7.79. The molecule has 0 spiro atoms. The maximum Gasteiger partial charge on any atom is 0.221 e. The van der Waals surface area contributed by atoms with E-state index in [0.29, 0.717) is 36.3 Å². The van der Waals surface area contributed by atoms with Crippen molar-refractivity contribution in [1.82, 2.24) is 10.3 Å². The van der Waals surface area contributed by atoms with Crippen LogP contribution >= 0.6 is 11.6 Å². The number of nitrogens with one attached hydrogen (secondary N) is 1. The molecular weight excluding hydrogens is 386 g/mol. The smallest absolute Gasteiger partial charge is 0.221 e. The van der Waals surface area contributed by atoms with Crippen molar-refractivity contribution in [2.75, 3.05) is 17.8 Å². The second-order valence-electron chi connectivity index (χ2n) is 8.13. The Hall–Kier alpha value is -2.62. The van der Waals surface area contributed by atoms with Crippen LogP contribution in [0.1, 0.15) is 47.9 Å². The average Bonchev–Trinajstić information content (AvgIpc) is 3.46. The number of amides is 1. The van der Waals surface area contributed by atoms with Gasteiger partial charge in [0, 0.05) is 49.4 Å². The van der Waals surface area contributed by atoms with E-state index >= 15 is 0 Å². The Balaban J connectivity index is 1.51. The summed E-state index contributed by atoms with van der Waals surface area (Å²) < 4.78 is 0. The molecule has 1 amide bonds. The number of fused-ring (bicyclic) bond motifs is 4. The summed E-state index contributed by atoms with van der Waals surface area (Å²) >= 11 is 5.72. The Labute approximate surface area is 174 Å². The summed E-state index contributed by atoms with van der Waals surface area (Å²) in [5, 5.41) is 3.16. The number of allylic oxidation sites excluding steroid dienone is 1. The molecule has 0 radical (unpaired) electrons. The first-order chi connectivity index (χ1) is 14.1. The fourth-order valence-corrected chi connectivity index (χ4v) is 5.18. The van der Waals surface area contributed by atoms with Gasteiger partial charge in [0.2, 0.25) is 5.91 Å². The molecule has 1 aromatic heterocycles. The van der Waals surface area contributed by atoms with Gasteiger partial charge in [0.1, 0.15) is 11.6 Å². The van der Waals surface area contributed by atoms with Gasteiger partial charge in [0.25, 0.3) is 0 Å². The molecule has 2 heterocycles. The Morgan fingerprint density at radius 2 is 2.21 bits per heavy atom. The van der Waals surface area contributed by atoms with Crippen LogP contribution in [0.5, 0.6) is 0 Å². The lowest BCUT2D eigenvalue weighted by Crippen LogP contribution is -2.29. The average molecular weight is 408 g/mol. The molecule has 0 bridgehead atoms. The zero-order valence-corrected chi connectivity index (χ0v) is 17.0. The van der Waals surface area contributed by atoms with E-state index in [-0.39, 0.29) is 11.9 Å². The van der Waals surface area contributed by atoms with Crippen LogP contribution < -0.4 is 10.2 Å². The Kier molecular flexibility index (Phi) is 4.45. The number of anilines is 1. The predicted molar refractivity (Wildman–Crippen MR) is 113 cm³/mol. The van der Waals surface area contributed by atoms with Gasteiger partial charge in [-0.2, -0.15) is 0 Å². The van der Waals surface area contributed by atoms with Crippen LogP contribution in [-0.2, 0) is 16.0 Å². The summed E-state index contributed by atoms with van der Waals surface area (Å²) in [6, 6.07) is 6.46. The lowest BCUT2D eigenvalue weighted by molar-refractivity contribution is -0.121. The van der Waals surface area contributed by atoms with E-state index in [1.165, 1.54) is 11.1 Å². The molecule has 1 fully saturated rings. The van der Waals surface area contributed by atoms with Crippen molar-refractivity contribution < 1.29 is 9.59 Å². The van der Waals surface area contributed by atoms with Crippen molar-refractivity contribution in [3.8, 4) is 11.1 Å². The molecule has 1 aliphatic heterocycles. The van der Waals surface area contributed by atoms with Gasteiger partial charge >= 0.3 is 0 Å². The second kappa shape index (κ2) is 7.01. The van der Waals surface area contributed by atoms with Crippen LogP contribution in [0.25, 0.3) is 11.1 Å². The van der Waals surface area contributed by atoms with Crippen molar-refractivity contribution in [1.29, 1.82) is 0 Å². The zero-order chi connectivity index (χ0) is 20.1. The maximum atomic E-state index is 12.1. The second-order valence-corrected chi connectivity index (χ2v) is 8.51. The molecule has 2 aliphatic carbocycles. The summed E-state index contributed by atoms with van der Waals surface area (Å²) in [6.07, 6.45) is 6.85. The van der Waals surface area contributed by atoms with Crippen LogP contribution in [0.2, 0.25) is 0 Å². The van der Waals surface area contributed by atoms with Crippen molar-refractivity contribution in [2.24, 2.45) is 5.92 Å². The minimum Gasteiger partial charge on any atom is -0.349 e. The van der Waals surface area contributed by atoms with Crippen molar-refractivity contribution >= 4 is 29.1 Å². The third kappa shape index (κ3) is 2.97. The van der Waals surface area contributed by atoms with Crippen LogP contribution in [0.3, 0.4) is 0 Å². The number of rotatable bonds is 4. The number of benzene rings is 1. The molecule has 3 aliphatic rings. The van der Waals surface area contributed by atoms with E-state index < -0.39 is 0 Å². The molecule has 2 aromatic rings. The molecule has 6 heteroatoms. The topological polar surface area (TPSA) is 62.3 Å². The Morgan fingerprint density at radius 3 is 3.00 bits per heavy atom. The molecule has 1 aromatic carbocycles. The molecule has 5 nitrogen and oxygen atoms in total. The number of pyridine rings is 1. The third-order valence-electron chi connectivity index (χ3n) is 6.54. The number of alkyl halides is 1. The highest BCUT2D eigenvalue weighted by Crippen LogP contribution is 2.63. The molecule has 3 unspecified atom stereocenters. The minimum atomic E-state index is 0.00441. The van der Waals surface area contributed by atoms with E-state index in [0.717, 1.165) is 35.2 Å². The lowest BCUT2D eigenvalue weighted by Gasteiger charge is -2.28. The molecular formula is C23H22ClN3O2. The number of carbonyl (C=O) groups excluding carboxylic acids is 2. The van der Waals surface area contributed by atoms with Crippen LogP contribution in [0.15, 0.2) is 36.3 Å². The van der Waals surface area contributed by atoms with Crippen molar-refractivity contribution in [3.05, 3.63) is 53.0 Å². The number of hydrogen-bond acceptors (Lipinski definition) is 4. The minimum absolute atomic E-state index is 0.00441. The van der Waals surface area contributed by atoms with E-state index in [1.54, 1.807) is 0 Å². The quantitative estimate of drug-likeness (QED) is 0.619. The zero-order valence-electron chi connectivity index (χ0n) is 16.2. The standard InChI is InChI=1S/C23H22ClN3O2/c1-27-15(12-28)4-2-14-8-13(3-5-20(14)27)18-10-25-11-19-22(18)16-9-17(16)23(19)26-21(29)6-7-24/h3,5,8,10-11,16-17,23H,2,4,6-7,9H2,1H3,(H,26,29). The molecule has 148 valence electrons. The maximum absolute atomic E-state index is 12.1. The first-order valence-electron chi connectivity index (χ1n) is 10.1. The van der Waals surface area contributed by atoms with Crippen LogP contribution in [0, 0.1) is 5.92 Å². The fraction of sp³-hybridized carbons (Fsp3) is 0.391. The summed E-state index contributed by atoms with van der Waals surface area (Å²) in [6.45, 7) is 0. The molecule has 3 atom stereocenters. The number of nitrogens with zero attached hydrogens (tertiary/aromatic N) is 2. The van der Waals surface area contributed by atoms with Crippen LogP contribution in [0.4, 0.5) is 5.69 Å². The monoisotopic (exact) mass is 407 g/mol. The van der Waals surface area contributed by atoms with Gasteiger partial charge in [-0.3, -0.25) is 9.78 Å². The number of aryl methyl sites for hydroxylation is 1. The molecule has 1 N–H and O–H groups in total. The molecule has 5 rings (SSSR count). The van der Waals surface area contributed by atoms with Gasteiger partial charge in [0.05, 0.1) is 6.04 Å². The highest BCUT2D eigenvalue weighted by Gasteiger charge is 2.53. The van der Waals surface area contributed by atoms with Gasteiger partial charge in [-0.1, -0.05) is 6.07 Å². The number of carbonyl (C=O) groups is 1. The number of hydrogen-bond donors (Lipinski definition) is 1. The summed E-state index contributed by atoms with van der Waals surface area (Å²) in [7, 11) is 1.92. The summed E-state index contributed by atoms with van der Waals surface area (Å²) in [4.78, 5) is 29.7. The SMILES string of the molecule is CN1C(=C=O)CCc2cc(-c3cncc4c3C3CC3C4NC(=O)CCCl)ccc21. The number of aromatic nitrogens is 1. The van der Waals surface area contributed by atoms with Gasteiger partial charge in [-0.15, -0.1) is 11.6 Å². The van der Waals surface area contributed by atoms with E-state index in [2.05, 4.69) is 34.4 Å². The highest BCUT2D eigenvalue weighted by atomic mass is 35.5. The molecule has 0 saturated heterocycles. The molecule has 1 saturated carbocycles. The first-order valence-corrected chi connectivity index (χ1v) is 10.6. The first kappa shape index (κ1) is 18.4. The van der Waals surface area contributed by atoms with Gasteiger partial charge in [-0.05, 0) is 59.1 Å². The normalized spacial score (nSPS) is 23.7. The lowest BCUT2D eigenvalue weighted by atomic mass is 9.92. The van der Waals surface area contributed by atoms with Gasteiger partial charge < -0.3 is 10.2 Å². The van der Waals surface area contributed by atoms with Crippen LogP contribution in [-0.4, -0.2) is 29.8 Å². The van der Waals surface area contributed by atoms with Gasteiger partial charge in [-0.25, -0.2) is 4.79 Å². The number of halogens is 1. The van der Waals surface area contributed by atoms with E-state index in [4.69, 9.17) is 11.6 Å². The largest absolute Gasteiger partial charge is 0.349 e. The Morgan fingerprint density at radius 1 is 1.34 bits per heavy atom. The van der Waals surface area contributed by atoms with E-state index in [1.807, 2.05) is 24.3 Å². The fourth-order valence-electron chi connectivity index (χ4n) is 5.01.